The fourth-order valence-corrected chi connectivity index (χ4v) is 5.28. The first kappa shape index (κ1) is 16.1. The summed E-state index contributed by atoms with van der Waals surface area (Å²) >= 11 is 0. The van der Waals surface area contributed by atoms with Gasteiger partial charge in [-0.1, -0.05) is 12.1 Å². The van der Waals surface area contributed by atoms with E-state index < -0.39 is 5.72 Å². The Morgan fingerprint density at radius 3 is 2.77 bits per heavy atom. The zero-order chi connectivity index (χ0) is 17.7. The summed E-state index contributed by atoms with van der Waals surface area (Å²) in [5.41, 5.74) is -0.0450. The first-order chi connectivity index (χ1) is 12.7. The fourth-order valence-electron chi connectivity index (χ4n) is 5.28. The minimum atomic E-state index is -0.643. The molecule has 2 aliphatic heterocycles. The molecule has 1 aromatic rings. The number of morpholine rings is 1. The number of carbonyl (C=O) groups is 2. The second kappa shape index (κ2) is 5.98. The molecule has 26 heavy (non-hydrogen) atoms. The van der Waals surface area contributed by atoms with E-state index in [2.05, 4.69) is 5.32 Å². The second-order valence-corrected chi connectivity index (χ2v) is 7.96. The van der Waals surface area contributed by atoms with Crippen molar-refractivity contribution in [1.82, 2.24) is 10.2 Å². The van der Waals surface area contributed by atoms with Crippen LogP contribution in [0.5, 0.6) is 5.75 Å². The van der Waals surface area contributed by atoms with Gasteiger partial charge in [0.25, 0.3) is 5.91 Å². The number of rotatable bonds is 1. The van der Waals surface area contributed by atoms with E-state index in [0.717, 1.165) is 25.7 Å². The Morgan fingerprint density at radius 2 is 2.00 bits per heavy atom. The van der Waals surface area contributed by atoms with Crippen LogP contribution in [-0.4, -0.2) is 48.7 Å². The number of amides is 2. The molecule has 1 aromatic carbocycles. The van der Waals surface area contributed by atoms with Gasteiger partial charge in [-0.2, -0.15) is 0 Å². The van der Waals surface area contributed by atoms with E-state index in [-0.39, 0.29) is 29.6 Å². The summed E-state index contributed by atoms with van der Waals surface area (Å²) in [5, 5.41) is 3.15. The van der Waals surface area contributed by atoms with E-state index in [1.807, 2.05) is 23.1 Å². The fraction of sp³-hybridized carbons (Fsp3) is 0.600. The molecule has 2 bridgehead atoms. The van der Waals surface area contributed by atoms with Gasteiger partial charge in [0, 0.05) is 31.3 Å². The van der Waals surface area contributed by atoms with Gasteiger partial charge in [0.1, 0.15) is 5.75 Å². The highest BCUT2D eigenvalue weighted by Gasteiger charge is 2.57. The molecule has 2 heterocycles. The van der Waals surface area contributed by atoms with E-state index >= 15 is 0 Å². The van der Waals surface area contributed by atoms with E-state index in [1.54, 1.807) is 6.07 Å². The van der Waals surface area contributed by atoms with E-state index in [4.69, 9.17) is 9.47 Å². The zero-order valence-electron chi connectivity index (χ0n) is 14.8. The Bertz CT molecular complexity index is 745. The van der Waals surface area contributed by atoms with Gasteiger partial charge in [-0.25, -0.2) is 0 Å². The Balaban J connectivity index is 1.38. The van der Waals surface area contributed by atoms with Crippen LogP contribution < -0.4 is 10.1 Å². The summed E-state index contributed by atoms with van der Waals surface area (Å²) in [6.07, 6.45) is 3.55. The first-order valence-electron chi connectivity index (χ1n) is 9.63. The lowest BCUT2D eigenvalue weighted by Gasteiger charge is -2.55. The maximum Gasteiger partial charge on any atom is 0.258 e. The van der Waals surface area contributed by atoms with Crippen LogP contribution in [0.15, 0.2) is 24.3 Å². The number of hydrogen-bond donors (Lipinski definition) is 1. The normalized spacial score (nSPS) is 35.6. The zero-order valence-corrected chi connectivity index (χ0v) is 14.8. The summed E-state index contributed by atoms with van der Waals surface area (Å²) < 4.78 is 11.7. The number of nitrogens with one attached hydrogen (secondary N) is 1. The van der Waals surface area contributed by atoms with Gasteiger partial charge in [-0.05, 0) is 37.3 Å². The Labute approximate surface area is 152 Å². The van der Waals surface area contributed by atoms with Crippen LogP contribution in [0.3, 0.4) is 0 Å². The number of ether oxygens (including phenoxy) is 2. The highest BCUT2D eigenvalue weighted by atomic mass is 16.5. The van der Waals surface area contributed by atoms with Gasteiger partial charge in [-0.15, -0.1) is 0 Å². The largest absolute Gasteiger partial charge is 0.467 e. The summed E-state index contributed by atoms with van der Waals surface area (Å²) in [4.78, 5) is 27.6. The molecule has 0 unspecified atom stereocenters. The molecule has 3 saturated carbocycles. The van der Waals surface area contributed by atoms with Gasteiger partial charge >= 0.3 is 0 Å². The van der Waals surface area contributed by atoms with Crippen molar-refractivity contribution in [3.63, 3.8) is 0 Å². The van der Waals surface area contributed by atoms with Crippen LogP contribution in [0.2, 0.25) is 0 Å². The van der Waals surface area contributed by atoms with Crippen molar-refractivity contribution in [3.05, 3.63) is 29.8 Å². The molecule has 138 valence electrons. The molecule has 0 aromatic heterocycles. The third kappa shape index (κ3) is 2.42. The molecule has 0 radical (unpaired) electrons. The van der Waals surface area contributed by atoms with E-state index in [1.165, 1.54) is 0 Å². The lowest BCUT2D eigenvalue weighted by atomic mass is 9.59. The average molecular weight is 356 g/mol. The molecule has 4 fully saturated rings. The smallest absolute Gasteiger partial charge is 0.258 e. The quantitative estimate of drug-likeness (QED) is 0.833. The molecule has 1 saturated heterocycles. The van der Waals surface area contributed by atoms with Crippen LogP contribution in [0, 0.1) is 17.8 Å². The monoisotopic (exact) mass is 356 g/mol. The number of hydrogen-bond acceptors (Lipinski definition) is 4. The van der Waals surface area contributed by atoms with Crippen LogP contribution >= 0.6 is 0 Å². The minimum absolute atomic E-state index is 0.0511. The molecule has 1 spiro atoms. The van der Waals surface area contributed by atoms with Crippen molar-refractivity contribution in [2.24, 2.45) is 17.8 Å². The van der Waals surface area contributed by atoms with E-state index in [0.29, 0.717) is 37.6 Å². The molecule has 6 rings (SSSR count). The van der Waals surface area contributed by atoms with Crippen molar-refractivity contribution < 1.29 is 19.1 Å². The van der Waals surface area contributed by atoms with Crippen LogP contribution in [0.1, 0.15) is 36.0 Å². The van der Waals surface area contributed by atoms with Gasteiger partial charge in [0.05, 0.1) is 18.8 Å². The predicted molar refractivity (Wildman–Crippen MR) is 93.6 cm³/mol. The molecule has 6 nitrogen and oxygen atoms in total. The Morgan fingerprint density at radius 1 is 1.19 bits per heavy atom. The molecule has 3 aliphatic carbocycles. The molecular weight excluding hydrogens is 332 g/mol. The standard InChI is InChI=1S/C20H24N2O4/c23-18-15-3-1-2-4-17(15)26-20(21-18)12-13-5-6-14(20)11-16(13)19(24)22-7-9-25-10-8-22/h1-4,13-14,16H,5-12H2,(H,21,23)/t13-,14-,16+,20-/m1/s1. The molecular formula is C20H24N2O4. The predicted octanol–water partition coefficient (Wildman–Crippen LogP) is 1.80. The second-order valence-electron chi connectivity index (χ2n) is 7.96. The van der Waals surface area contributed by atoms with Gasteiger partial charge in [0.15, 0.2) is 5.72 Å². The molecule has 4 atom stereocenters. The summed E-state index contributed by atoms with van der Waals surface area (Å²) in [6.45, 7) is 2.65. The molecule has 6 heteroatoms. The number of benzene rings is 1. The maximum absolute atomic E-state index is 13.0. The number of nitrogens with zero attached hydrogens (tertiary/aromatic N) is 1. The van der Waals surface area contributed by atoms with Crippen LogP contribution in [-0.2, 0) is 9.53 Å². The minimum Gasteiger partial charge on any atom is -0.467 e. The third-order valence-corrected chi connectivity index (χ3v) is 6.61. The molecule has 1 N–H and O–H groups in total. The van der Waals surface area contributed by atoms with Gasteiger partial charge < -0.3 is 19.7 Å². The topological polar surface area (TPSA) is 67.9 Å². The van der Waals surface area contributed by atoms with Gasteiger partial charge in [0.2, 0.25) is 5.91 Å². The van der Waals surface area contributed by atoms with Crippen LogP contribution in [0.4, 0.5) is 0 Å². The van der Waals surface area contributed by atoms with Gasteiger partial charge in [-0.3, -0.25) is 9.59 Å². The van der Waals surface area contributed by atoms with Crippen molar-refractivity contribution in [3.8, 4) is 5.75 Å². The lowest BCUT2D eigenvalue weighted by Crippen LogP contribution is -2.67. The third-order valence-electron chi connectivity index (χ3n) is 6.61. The summed E-state index contributed by atoms with van der Waals surface area (Å²) in [5.74, 6) is 1.37. The van der Waals surface area contributed by atoms with E-state index in [9.17, 15) is 9.59 Å². The van der Waals surface area contributed by atoms with Crippen molar-refractivity contribution in [1.29, 1.82) is 0 Å². The highest BCUT2D eigenvalue weighted by molar-refractivity contribution is 5.98. The Hall–Kier alpha value is -2.08. The first-order valence-corrected chi connectivity index (χ1v) is 9.63. The van der Waals surface area contributed by atoms with Crippen molar-refractivity contribution in [2.45, 2.75) is 31.4 Å². The Kier molecular flexibility index (Phi) is 3.71. The van der Waals surface area contributed by atoms with Crippen LogP contribution in [0.25, 0.3) is 0 Å². The van der Waals surface area contributed by atoms with Crippen molar-refractivity contribution in [2.75, 3.05) is 26.3 Å². The average Bonchev–Trinajstić information content (AvgIpc) is 2.68. The lowest BCUT2D eigenvalue weighted by molar-refractivity contribution is -0.158. The maximum atomic E-state index is 13.0. The number of para-hydroxylation sites is 1. The number of carbonyl (C=O) groups excluding carboxylic acids is 2. The molecule has 5 aliphatic rings. The summed E-state index contributed by atoms with van der Waals surface area (Å²) in [6, 6.07) is 7.42. The summed E-state index contributed by atoms with van der Waals surface area (Å²) in [7, 11) is 0. The van der Waals surface area contributed by atoms with Crippen molar-refractivity contribution >= 4 is 11.8 Å². The SMILES string of the molecule is O=C1N[C@]2(C[C@H]3CC[C@@H]2C[C@@H]3C(=O)N2CCOCC2)Oc2ccccc21. The number of fused-ring (bicyclic) bond motifs is 3. The highest BCUT2D eigenvalue weighted by Crippen LogP contribution is 2.52. The molecule has 2 amide bonds.